The fourth-order valence-corrected chi connectivity index (χ4v) is 5.39. The lowest BCUT2D eigenvalue weighted by Gasteiger charge is -2.47. The molecule has 1 atom stereocenters. The second kappa shape index (κ2) is 9.84. The average Bonchev–Trinajstić information content (AvgIpc) is 3.13. The Kier molecular flexibility index (Phi) is 7.64. The summed E-state index contributed by atoms with van der Waals surface area (Å²) in [6, 6.07) is 8.60. The van der Waals surface area contributed by atoms with Crippen LogP contribution in [0.15, 0.2) is 24.3 Å². The Morgan fingerprint density at radius 1 is 1.23 bits per heavy atom. The van der Waals surface area contributed by atoms with Crippen molar-refractivity contribution in [1.29, 1.82) is 0 Å². The first kappa shape index (κ1) is 23.3. The van der Waals surface area contributed by atoms with Gasteiger partial charge in [0.15, 0.2) is 5.11 Å². The number of nitrogens with one attached hydrogen (secondary N) is 2. The number of piperidine rings is 1. The molecular formula is C24H39N3O2S. The summed E-state index contributed by atoms with van der Waals surface area (Å²) < 4.78 is 11.8. The molecule has 0 spiro atoms. The first-order chi connectivity index (χ1) is 14.2. The van der Waals surface area contributed by atoms with Crippen molar-refractivity contribution in [1.82, 2.24) is 15.5 Å². The molecule has 0 bridgehead atoms. The molecule has 0 saturated carbocycles. The number of ether oxygens (including phenoxy) is 2. The molecule has 5 nitrogen and oxygen atoms in total. The van der Waals surface area contributed by atoms with Crippen LogP contribution in [0, 0.1) is 0 Å². The van der Waals surface area contributed by atoms with Crippen LogP contribution in [-0.2, 0) is 11.3 Å². The number of rotatable bonds is 7. The summed E-state index contributed by atoms with van der Waals surface area (Å²) in [4.78, 5) is 2.27. The molecule has 0 radical (unpaired) electrons. The molecule has 3 rings (SSSR count). The van der Waals surface area contributed by atoms with E-state index in [1.54, 1.807) is 0 Å². The Labute approximate surface area is 187 Å². The highest BCUT2D eigenvalue weighted by Crippen LogP contribution is 2.29. The van der Waals surface area contributed by atoms with E-state index in [-0.39, 0.29) is 17.2 Å². The maximum atomic E-state index is 5.95. The normalized spacial score (nSPS) is 23.2. The Hall–Kier alpha value is -1.37. The van der Waals surface area contributed by atoms with Gasteiger partial charge in [0.1, 0.15) is 5.75 Å². The third-order valence-electron chi connectivity index (χ3n) is 5.89. The molecule has 2 N–H and O–H groups in total. The number of para-hydroxylation sites is 1. The summed E-state index contributed by atoms with van der Waals surface area (Å²) in [6.45, 7) is 14.2. The quantitative estimate of drug-likeness (QED) is 0.627. The van der Waals surface area contributed by atoms with Gasteiger partial charge in [-0.1, -0.05) is 18.2 Å². The molecule has 2 heterocycles. The van der Waals surface area contributed by atoms with Crippen molar-refractivity contribution in [2.24, 2.45) is 0 Å². The second-order valence-corrected chi connectivity index (χ2v) is 10.4. The predicted octanol–water partition coefficient (Wildman–Crippen LogP) is 4.25. The Bertz CT molecular complexity index is 700. The number of thiocarbonyl (C=S) groups is 1. The molecule has 1 unspecified atom stereocenters. The van der Waals surface area contributed by atoms with Gasteiger partial charge in [-0.2, -0.15) is 0 Å². The van der Waals surface area contributed by atoms with Gasteiger partial charge >= 0.3 is 0 Å². The Morgan fingerprint density at radius 2 is 1.93 bits per heavy atom. The van der Waals surface area contributed by atoms with E-state index >= 15 is 0 Å². The van der Waals surface area contributed by atoms with Gasteiger partial charge in [0.05, 0.1) is 12.7 Å². The molecule has 2 fully saturated rings. The lowest BCUT2D eigenvalue weighted by atomic mass is 9.80. The van der Waals surface area contributed by atoms with Gasteiger partial charge in [-0.25, -0.2) is 0 Å². The van der Waals surface area contributed by atoms with Crippen LogP contribution in [0.5, 0.6) is 5.75 Å². The van der Waals surface area contributed by atoms with Crippen molar-refractivity contribution >= 4 is 17.3 Å². The minimum Gasteiger partial charge on any atom is -0.494 e. The van der Waals surface area contributed by atoms with E-state index in [0.717, 1.165) is 61.8 Å². The van der Waals surface area contributed by atoms with E-state index in [1.807, 2.05) is 19.1 Å². The van der Waals surface area contributed by atoms with Crippen molar-refractivity contribution in [3.63, 3.8) is 0 Å². The number of hydrogen-bond acceptors (Lipinski definition) is 4. The van der Waals surface area contributed by atoms with Crippen LogP contribution in [0.4, 0.5) is 0 Å². The molecule has 0 aromatic heterocycles. The maximum Gasteiger partial charge on any atom is 0.169 e. The fraction of sp³-hybridized carbons (Fsp3) is 0.708. The lowest BCUT2D eigenvalue weighted by Crippen LogP contribution is -2.63. The minimum atomic E-state index is 0.0794. The number of benzene rings is 1. The zero-order valence-corrected chi connectivity index (χ0v) is 20.1. The van der Waals surface area contributed by atoms with Crippen LogP contribution < -0.4 is 15.4 Å². The molecule has 1 aromatic carbocycles. The Balaban J connectivity index is 1.73. The van der Waals surface area contributed by atoms with E-state index in [4.69, 9.17) is 21.7 Å². The van der Waals surface area contributed by atoms with Crippen LogP contribution in [0.25, 0.3) is 0 Å². The molecule has 2 aliphatic rings. The first-order valence-corrected chi connectivity index (χ1v) is 11.8. The molecule has 0 aliphatic carbocycles. The van der Waals surface area contributed by atoms with Gasteiger partial charge < -0.3 is 25.0 Å². The van der Waals surface area contributed by atoms with Crippen molar-refractivity contribution in [2.75, 3.05) is 19.8 Å². The molecule has 2 saturated heterocycles. The van der Waals surface area contributed by atoms with Crippen molar-refractivity contribution < 1.29 is 9.47 Å². The molecular weight excluding hydrogens is 394 g/mol. The summed E-state index contributed by atoms with van der Waals surface area (Å²) in [5, 5.41) is 8.26. The zero-order chi connectivity index (χ0) is 21.8. The summed E-state index contributed by atoms with van der Waals surface area (Å²) in [5.41, 5.74) is 1.32. The zero-order valence-electron chi connectivity index (χ0n) is 19.3. The largest absolute Gasteiger partial charge is 0.494 e. The molecule has 2 aliphatic heterocycles. The van der Waals surface area contributed by atoms with E-state index < -0.39 is 0 Å². The molecule has 6 heteroatoms. The topological polar surface area (TPSA) is 45.8 Å². The molecule has 168 valence electrons. The van der Waals surface area contributed by atoms with Crippen LogP contribution in [-0.4, -0.2) is 53.0 Å². The smallest absolute Gasteiger partial charge is 0.169 e. The molecule has 1 aromatic rings. The van der Waals surface area contributed by atoms with E-state index in [2.05, 4.69) is 55.4 Å². The van der Waals surface area contributed by atoms with Gasteiger partial charge in [0.2, 0.25) is 0 Å². The van der Waals surface area contributed by atoms with E-state index in [0.29, 0.717) is 12.6 Å². The fourth-order valence-electron chi connectivity index (χ4n) is 5.08. The van der Waals surface area contributed by atoms with Gasteiger partial charge in [-0.05, 0) is 78.6 Å². The van der Waals surface area contributed by atoms with E-state index in [9.17, 15) is 0 Å². The highest BCUT2D eigenvalue weighted by atomic mass is 32.1. The summed E-state index contributed by atoms with van der Waals surface area (Å²) >= 11 is 5.95. The summed E-state index contributed by atoms with van der Waals surface area (Å²) in [6.07, 6.45) is 4.55. The molecule has 30 heavy (non-hydrogen) atoms. The van der Waals surface area contributed by atoms with Crippen LogP contribution >= 0.6 is 12.2 Å². The van der Waals surface area contributed by atoms with E-state index in [1.165, 1.54) is 0 Å². The standard InChI is InChI=1S/C24H39N3O2S/c1-6-28-21-12-8-7-10-18(21)16-27(17-20-11-9-13-29-20)22(30)25-19-14-23(2,3)26-24(4,5)15-19/h7-8,10,12,19-20,26H,6,9,11,13-17H2,1-5H3,(H,25,30). The third-order valence-corrected chi connectivity index (χ3v) is 6.26. The van der Waals surface area contributed by atoms with Gasteiger partial charge in [-0.15, -0.1) is 0 Å². The first-order valence-electron chi connectivity index (χ1n) is 11.3. The number of nitrogens with zero attached hydrogens (tertiary/aromatic N) is 1. The van der Waals surface area contributed by atoms with Crippen LogP contribution in [0.3, 0.4) is 0 Å². The SMILES string of the molecule is CCOc1ccccc1CN(CC1CCCO1)C(=S)NC1CC(C)(C)NC(C)(C)C1. The predicted molar refractivity (Wildman–Crippen MR) is 127 cm³/mol. The monoisotopic (exact) mass is 433 g/mol. The van der Waals surface area contributed by atoms with Gasteiger partial charge in [-0.3, -0.25) is 0 Å². The minimum absolute atomic E-state index is 0.0794. The molecule has 0 amide bonds. The number of hydrogen-bond donors (Lipinski definition) is 2. The summed E-state index contributed by atoms with van der Waals surface area (Å²) in [7, 11) is 0. The third kappa shape index (κ3) is 6.56. The average molecular weight is 434 g/mol. The highest BCUT2D eigenvalue weighted by Gasteiger charge is 2.38. The highest BCUT2D eigenvalue weighted by molar-refractivity contribution is 7.80. The second-order valence-electron chi connectivity index (χ2n) is 10.0. The van der Waals surface area contributed by atoms with Crippen LogP contribution in [0.1, 0.15) is 65.9 Å². The van der Waals surface area contributed by atoms with Gasteiger partial charge in [0.25, 0.3) is 0 Å². The van der Waals surface area contributed by atoms with Gasteiger partial charge in [0, 0.05) is 42.4 Å². The Morgan fingerprint density at radius 3 is 2.57 bits per heavy atom. The maximum absolute atomic E-state index is 5.95. The lowest BCUT2D eigenvalue weighted by molar-refractivity contribution is 0.0884. The summed E-state index contributed by atoms with van der Waals surface area (Å²) in [5.74, 6) is 0.935. The van der Waals surface area contributed by atoms with Crippen molar-refractivity contribution in [2.45, 2.75) is 90.1 Å². The van der Waals surface area contributed by atoms with Crippen LogP contribution in [0.2, 0.25) is 0 Å². The van der Waals surface area contributed by atoms with Crippen molar-refractivity contribution in [3.05, 3.63) is 29.8 Å². The van der Waals surface area contributed by atoms with Crippen molar-refractivity contribution in [3.8, 4) is 5.75 Å².